The molecule has 36 heavy (non-hydrogen) atoms. The average Bonchev–Trinajstić information content (AvgIpc) is 2.92. The molecule has 5 rings (SSSR count). The van der Waals surface area contributed by atoms with Crippen LogP contribution in [0.2, 0.25) is 0 Å². The van der Waals surface area contributed by atoms with Crippen molar-refractivity contribution in [3.8, 4) is 22.5 Å². The van der Waals surface area contributed by atoms with Crippen LogP contribution < -0.4 is 11.1 Å². The fourth-order valence-electron chi connectivity index (χ4n) is 3.93. The minimum atomic E-state index is -0.334. The number of fused-ring (bicyclic) bond motifs is 1. The number of rotatable bonds is 9. The van der Waals surface area contributed by atoms with E-state index in [1.807, 2.05) is 54.6 Å². The molecule has 0 fully saturated rings. The van der Waals surface area contributed by atoms with Gasteiger partial charge in [-0.15, -0.1) is 11.8 Å². The molecule has 0 bridgehead atoms. The van der Waals surface area contributed by atoms with Crippen molar-refractivity contribution in [2.45, 2.75) is 12.3 Å². The lowest BCUT2D eigenvalue weighted by atomic mass is 10.0. The first kappa shape index (κ1) is 23.4. The summed E-state index contributed by atoms with van der Waals surface area (Å²) in [5.74, 6) is 1.86. The van der Waals surface area contributed by atoms with Crippen LogP contribution in [0.4, 0.5) is 5.82 Å². The standard InChI is InChI=1S/C28H24N6OS/c29-25(35)18-36-17-19-13-21(15-30-14-19)27-33-24-11-6-10-23(20-7-2-1-3-8-20)26(24)28(34-27)32-16-22-9-4-5-12-31-22/h1-15H,16-18H2,(H2,29,35)(H,32,33,34). The van der Waals surface area contributed by atoms with Gasteiger partial charge in [0.1, 0.15) is 5.82 Å². The van der Waals surface area contributed by atoms with E-state index in [1.54, 1.807) is 18.6 Å². The van der Waals surface area contributed by atoms with Crippen molar-refractivity contribution < 1.29 is 4.79 Å². The third-order valence-electron chi connectivity index (χ3n) is 5.54. The Labute approximate surface area is 213 Å². The van der Waals surface area contributed by atoms with Crippen LogP contribution in [0.25, 0.3) is 33.4 Å². The van der Waals surface area contributed by atoms with Crippen LogP contribution in [-0.2, 0) is 17.1 Å². The molecule has 3 N–H and O–H groups in total. The lowest BCUT2D eigenvalue weighted by Crippen LogP contribution is -2.13. The van der Waals surface area contributed by atoms with E-state index in [2.05, 4.69) is 33.5 Å². The molecule has 2 aromatic carbocycles. The predicted octanol–water partition coefficient (Wildman–Crippen LogP) is 5.08. The molecule has 0 unspecified atom stereocenters. The molecule has 0 radical (unpaired) electrons. The number of pyridine rings is 2. The highest BCUT2D eigenvalue weighted by molar-refractivity contribution is 7.99. The van der Waals surface area contributed by atoms with E-state index in [0.717, 1.165) is 44.7 Å². The number of benzene rings is 2. The van der Waals surface area contributed by atoms with Crippen LogP contribution in [0.15, 0.2) is 91.4 Å². The molecule has 1 amide bonds. The summed E-state index contributed by atoms with van der Waals surface area (Å²) in [6, 6.07) is 24.2. The van der Waals surface area contributed by atoms with Crippen LogP contribution >= 0.6 is 11.8 Å². The first-order valence-electron chi connectivity index (χ1n) is 11.5. The third-order valence-corrected chi connectivity index (χ3v) is 6.56. The summed E-state index contributed by atoms with van der Waals surface area (Å²) < 4.78 is 0. The normalized spacial score (nSPS) is 10.9. The highest BCUT2D eigenvalue weighted by atomic mass is 32.2. The molecule has 3 aromatic heterocycles. The van der Waals surface area contributed by atoms with E-state index in [-0.39, 0.29) is 11.7 Å². The van der Waals surface area contributed by atoms with Gasteiger partial charge in [0.2, 0.25) is 5.91 Å². The van der Waals surface area contributed by atoms with E-state index >= 15 is 0 Å². The molecule has 0 aliphatic rings. The maximum absolute atomic E-state index is 11.1. The van der Waals surface area contributed by atoms with Crippen molar-refractivity contribution in [2.24, 2.45) is 5.73 Å². The first-order chi connectivity index (χ1) is 17.7. The number of nitrogens with one attached hydrogen (secondary N) is 1. The summed E-state index contributed by atoms with van der Waals surface area (Å²) in [4.78, 5) is 29.8. The highest BCUT2D eigenvalue weighted by Gasteiger charge is 2.15. The smallest absolute Gasteiger partial charge is 0.227 e. The number of carbonyl (C=O) groups is 1. The van der Waals surface area contributed by atoms with Gasteiger partial charge in [0.25, 0.3) is 0 Å². The summed E-state index contributed by atoms with van der Waals surface area (Å²) in [6.07, 6.45) is 5.32. The number of aromatic nitrogens is 4. The van der Waals surface area contributed by atoms with Crippen LogP contribution in [0, 0.1) is 0 Å². The van der Waals surface area contributed by atoms with Gasteiger partial charge in [0.15, 0.2) is 5.82 Å². The van der Waals surface area contributed by atoms with Crippen molar-refractivity contribution in [1.29, 1.82) is 0 Å². The Kier molecular flexibility index (Phi) is 7.14. The van der Waals surface area contributed by atoms with Gasteiger partial charge < -0.3 is 11.1 Å². The Morgan fingerprint density at radius 1 is 0.917 bits per heavy atom. The number of primary amides is 1. The van der Waals surface area contributed by atoms with Gasteiger partial charge in [-0.1, -0.05) is 48.5 Å². The molecule has 3 heterocycles. The molecule has 0 aliphatic carbocycles. The van der Waals surface area contributed by atoms with Crippen molar-refractivity contribution >= 4 is 34.4 Å². The zero-order valence-corrected chi connectivity index (χ0v) is 20.3. The second kappa shape index (κ2) is 11.0. The molecule has 5 aromatic rings. The number of thioether (sulfide) groups is 1. The lowest BCUT2D eigenvalue weighted by molar-refractivity contribution is -0.115. The highest BCUT2D eigenvalue weighted by Crippen LogP contribution is 2.34. The predicted molar refractivity (Wildman–Crippen MR) is 145 cm³/mol. The Hall–Kier alpha value is -4.30. The summed E-state index contributed by atoms with van der Waals surface area (Å²) in [5, 5.41) is 4.44. The third kappa shape index (κ3) is 5.50. The maximum atomic E-state index is 11.1. The molecule has 0 aliphatic heterocycles. The van der Waals surface area contributed by atoms with Crippen molar-refractivity contribution in [3.05, 3.63) is 103 Å². The minimum absolute atomic E-state index is 0.264. The van der Waals surface area contributed by atoms with E-state index in [9.17, 15) is 4.79 Å². The van der Waals surface area contributed by atoms with E-state index in [0.29, 0.717) is 18.1 Å². The number of hydrogen-bond acceptors (Lipinski definition) is 7. The SMILES string of the molecule is NC(=O)CSCc1cncc(-c2nc(NCc3ccccn3)c3c(-c4ccccc4)cccc3n2)c1. The molecule has 7 nitrogen and oxygen atoms in total. The number of carbonyl (C=O) groups excluding carboxylic acids is 1. The van der Waals surface area contributed by atoms with Gasteiger partial charge in [0.05, 0.1) is 28.9 Å². The number of anilines is 1. The monoisotopic (exact) mass is 492 g/mol. The van der Waals surface area contributed by atoms with Crippen LogP contribution in [0.3, 0.4) is 0 Å². The molecule has 178 valence electrons. The zero-order valence-electron chi connectivity index (χ0n) is 19.5. The average molecular weight is 493 g/mol. The maximum Gasteiger partial charge on any atom is 0.227 e. The molecular weight excluding hydrogens is 468 g/mol. The molecule has 0 spiro atoms. The van der Waals surface area contributed by atoms with Crippen molar-refractivity contribution in [1.82, 2.24) is 19.9 Å². The second-order valence-electron chi connectivity index (χ2n) is 8.18. The number of nitrogens with zero attached hydrogens (tertiary/aromatic N) is 4. The fraction of sp³-hybridized carbons (Fsp3) is 0.107. The second-order valence-corrected chi connectivity index (χ2v) is 9.16. The van der Waals surface area contributed by atoms with Gasteiger partial charge in [-0.05, 0) is 41.0 Å². The molecule has 0 atom stereocenters. The topological polar surface area (TPSA) is 107 Å². The van der Waals surface area contributed by atoms with Crippen LogP contribution in [-0.4, -0.2) is 31.6 Å². The number of hydrogen-bond donors (Lipinski definition) is 2. The van der Waals surface area contributed by atoms with E-state index in [4.69, 9.17) is 15.7 Å². The van der Waals surface area contributed by atoms with E-state index < -0.39 is 0 Å². The Balaban J connectivity index is 1.58. The van der Waals surface area contributed by atoms with Crippen LogP contribution in [0.5, 0.6) is 0 Å². The summed E-state index contributed by atoms with van der Waals surface area (Å²) in [6.45, 7) is 0.525. The summed E-state index contributed by atoms with van der Waals surface area (Å²) in [7, 11) is 0. The molecule has 0 saturated carbocycles. The summed E-state index contributed by atoms with van der Waals surface area (Å²) in [5.41, 5.74) is 10.9. The number of nitrogens with two attached hydrogens (primary N) is 1. The Bertz CT molecular complexity index is 1490. The Morgan fingerprint density at radius 3 is 2.58 bits per heavy atom. The van der Waals surface area contributed by atoms with E-state index in [1.165, 1.54) is 11.8 Å². The van der Waals surface area contributed by atoms with Crippen molar-refractivity contribution in [2.75, 3.05) is 11.1 Å². The van der Waals surface area contributed by atoms with Gasteiger partial charge in [0, 0.05) is 29.9 Å². The quantitative estimate of drug-likeness (QED) is 0.295. The van der Waals surface area contributed by atoms with Gasteiger partial charge in [-0.3, -0.25) is 14.8 Å². The molecule has 8 heteroatoms. The zero-order chi connectivity index (χ0) is 24.7. The molecule has 0 saturated heterocycles. The largest absolute Gasteiger partial charge is 0.369 e. The first-order valence-corrected chi connectivity index (χ1v) is 12.6. The summed E-state index contributed by atoms with van der Waals surface area (Å²) >= 11 is 1.45. The van der Waals surface area contributed by atoms with Gasteiger partial charge >= 0.3 is 0 Å². The van der Waals surface area contributed by atoms with Gasteiger partial charge in [-0.25, -0.2) is 9.97 Å². The van der Waals surface area contributed by atoms with Gasteiger partial charge in [-0.2, -0.15) is 0 Å². The van der Waals surface area contributed by atoms with Crippen LogP contribution in [0.1, 0.15) is 11.3 Å². The lowest BCUT2D eigenvalue weighted by Gasteiger charge is -2.14. The fourth-order valence-corrected chi connectivity index (χ4v) is 4.63. The molecular formula is C28H24N6OS. The minimum Gasteiger partial charge on any atom is -0.369 e. The number of amides is 1. The van der Waals surface area contributed by atoms with Crippen molar-refractivity contribution in [3.63, 3.8) is 0 Å². The Morgan fingerprint density at radius 2 is 1.78 bits per heavy atom.